The van der Waals surface area contributed by atoms with E-state index in [1.807, 2.05) is 0 Å². The second-order valence-electron chi connectivity index (χ2n) is 7.18. The van der Waals surface area contributed by atoms with Crippen molar-refractivity contribution < 1.29 is 46.1 Å². The molecule has 0 heterocycles. The number of anilines is 2. The molecule has 0 saturated heterocycles. The molecular formula is C22H12Cl2F6N2O4. The predicted molar refractivity (Wildman–Crippen MR) is 119 cm³/mol. The molecule has 0 unspecified atom stereocenters. The standard InChI is InChI=1S/C22H12Cl2F6N2O4/c23-13-7-15(31-19(35)11-5-9(21(25,26)27)1-3-17(11)33)16(8-14(13)24)32-20(36)12-6-10(22(28,29)30)2-4-18(12)34/h1-8,33-34H,(H,31,35)(H,32,36). The van der Waals surface area contributed by atoms with E-state index in [9.17, 15) is 46.1 Å². The zero-order valence-corrected chi connectivity index (χ0v) is 18.9. The van der Waals surface area contributed by atoms with Crippen molar-refractivity contribution in [3.05, 3.63) is 80.8 Å². The zero-order valence-electron chi connectivity index (χ0n) is 17.4. The van der Waals surface area contributed by atoms with Crippen LogP contribution >= 0.6 is 23.2 Å². The topological polar surface area (TPSA) is 98.7 Å². The number of carbonyl (C=O) groups is 2. The summed E-state index contributed by atoms with van der Waals surface area (Å²) in [6, 6.07) is 5.22. The first kappa shape index (κ1) is 27.0. The van der Waals surface area contributed by atoms with Gasteiger partial charge in [0.15, 0.2) is 0 Å². The number of aromatic hydroxyl groups is 2. The van der Waals surface area contributed by atoms with Crippen LogP contribution in [0.4, 0.5) is 37.7 Å². The minimum absolute atomic E-state index is 0.167. The third-order valence-electron chi connectivity index (χ3n) is 4.69. The van der Waals surface area contributed by atoms with E-state index >= 15 is 0 Å². The summed E-state index contributed by atoms with van der Waals surface area (Å²) in [6.45, 7) is 0. The average Bonchev–Trinajstić information content (AvgIpc) is 2.76. The number of phenolic OH excluding ortho intramolecular Hbond substituents is 2. The van der Waals surface area contributed by atoms with Crippen LogP contribution in [0.25, 0.3) is 0 Å². The van der Waals surface area contributed by atoms with Gasteiger partial charge in [-0.25, -0.2) is 0 Å². The number of hydrogen-bond donors (Lipinski definition) is 4. The Balaban J connectivity index is 1.97. The molecule has 0 atom stereocenters. The van der Waals surface area contributed by atoms with Crippen molar-refractivity contribution >= 4 is 46.4 Å². The maximum atomic E-state index is 13.0. The monoisotopic (exact) mass is 552 g/mol. The molecule has 0 spiro atoms. The minimum Gasteiger partial charge on any atom is -0.507 e. The van der Waals surface area contributed by atoms with Crippen LogP contribution in [-0.2, 0) is 12.4 Å². The van der Waals surface area contributed by atoms with E-state index in [1.165, 1.54) is 0 Å². The molecule has 0 fully saturated rings. The van der Waals surface area contributed by atoms with Crippen LogP contribution in [0.2, 0.25) is 10.0 Å². The molecule has 36 heavy (non-hydrogen) atoms. The number of hydrogen-bond acceptors (Lipinski definition) is 4. The number of alkyl halides is 6. The molecule has 0 aliphatic rings. The summed E-state index contributed by atoms with van der Waals surface area (Å²) in [5, 5.41) is 23.7. The van der Waals surface area contributed by atoms with Crippen molar-refractivity contribution in [2.75, 3.05) is 10.6 Å². The molecule has 0 radical (unpaired) electrons. The fraction of sp³-hybridized carbons (Fsp3) is 0.0909. The van der Waals surface area contributed by atoms with Gasteiger partial charge in [0.1, 0.15) is 11.5 Å². The number of halogens is 8. The Kier molecular flexibility index (Phi) is 7.32. The van der Waals surface area contributed by atoms with Crippen LogP contribution in [0.15, 0.2) is 48.5 Å². The third kappa shape index (κ3) is 5.94. The van der Waals surface area contributed by atoms with Crippen molar-refractivity contribution in [1.29, 1.82) is 0 Å². The molecule has 0 aliphatic carbocycles. The van der Waals surface area contributed by atoms with Crippen LogP contribution in [0.3, 0.4) is 0 Å². The highest BCUT2D eigenvalue weighted by Crippen LogP contribution is 2.37. The first-order valence-electron chi connectivity index (χ1n) is 9.50. The maximum Gasteiger partial charge on any atom is 0.416 e. The molecule has 0 aliphatic heterocycles. The lowest BCUT2D eigenvalue weighted by molar-refractivity contribution is -0.138. The molecule has 190 valence electrons. The fourth-order valence-electron chi connectivity index (χ4n) is 2.92. The first-order valence-corrected chi connectivity index (χ1v) is 10.3. The lowest BCUT2D eigenvalue weighted by Gasteiger charge is -2.16. The molecule has 4 N–H and O–H groups in total. The Bertz CT molecular complexity index is 1260. The second kappa shape index (κ2) is 9.78. The van der Waals surface area contributed by atoms with Gasteiger partial charge in [-0.15, -0.1) is 0 Å². The van der Waals surface area contributed by atoms with E-state index in [0.29, 0.717) is 36.4 Å². The summed E-state index contributed by atoms with van der Waals surface area (Å²) in [6.07, 6.45) is -9.64. The Hall–Kier alpha value is -3.64. The Morgan fingerprint density at radius 2 is 0.972 bits per heavy atom. The predicted octanol–water partition coefficient (Wildman–Crippen LogP) is 6.95. The van der Waals surface area contributed by atoms with Crippen LogP contribution in [0, 0.1) is 0 Å². The van der Waals surface area contributed by atoms with Gasteiger partial charge in [-0.1, -0.05) is 23.2 Å². The molecule has 3 aromatic rings. The summed E-state index contributed by atoms with van der Waals surface area (Å²) in [7, 11) is 0. The van der Waals surface area contributed by atoms with Crippen molar-refractivity contribution in [2.45, 2.75) is 12.4 Å². The first-order chi connectivity index (χ1) is 16.6. The molecule has 0 aromatic heterocycles. The van der Waals surface area contributed by atoms with Gasteiger partial charge in [0.05, 0.1) is 43.7 Å². The summed E-state index contributed by atoms with van der Waals surface area (Å²) in [5.41, 5.74) is -4.66. The molecular weight excluding hydrogens is 541 g/mol. The molecule has 0 bridgehead atoms. The van der Waals surface area contributed by atoms with E-state index < -0.39 is 57.9 Å². The lowest BCUT2D eigenvalue weighted by Crippen LogP contribution is -2.18. The van der Waals surface area contributed by atoms with Gasteiger partial charge in [0, 0.05) is 0 Å². The van der Waals surface area contributed by atoms with Gasteiger partial charge in [0.2, 0.25) is 0 Å². The average molecular weight is 553 g/mol. The van der Waals surface area contributed by atoms with Gasteiger partial charge >= 0.3 is 12.4 Å². The van der Waals surface area contributed by atoms with Crippen molar-refractivity contribution in [1.82, 2.24) is 0 Å². The highest BCUT2D eigenvalue weighted by molar-refractivity contribution is 6.42. The molecule has 2 amide bonds. The maximum absolute atomic E-state index is 13.0. The normalized spacial score (nSPS) is 11.8. The summed E-state index contributed by atoms with van der Waals surface area (Å²) in [4.78, 5) is 25.3. The highest BCUT2D eigenvalue weighted by atomic mass is 35.5. The Labute approximate surface area is 208 Å². The Morgan fingerprint density at radius 3 is 1.28 bits per heavy atom. The van der Waals surface area contributed by atoms with E-state index in [0.717, 1.165) is 12.1 Å². The van der Waals surface area contributed by atoms with Crippen molar-refractivity contribution in [3.8, 4) is 11.5 Å². The van der Waals surface area contributed by atoms with E-state index in [4.69, 9.17) is 23.2 Å². The van der Waals surface area contributed by atoms with E-state index in [-0.39, 0.29) is 21.4 Å². The lowest BCUT2D eigenvalue weighted by atomic mass is 10.1. The van der Waals surface area contributed by atoms with Crippen LogP contribution in [-0.4, -0.2) is 22.0 Å². The molecule has 3 aromatic carbocycles. The summed E-state index contributed by atoms with van der Waals surface area (Å²) in [5.74, 6) is -4.07. The largest absolute Gasteiger partial charge is 0.507 e. The smallest absolute Gasteiger partial charge is 0.416 e. The Morgan fingerprint density at radius 1 is 0.639 bits per heavy atom. The van der Waals surface area contributed by atoms with Crippen LogP contribution in [0.5, 0.6) is 11.5 Å². The molecule has 6 nitrogen and oxygen atoms in total. The fourth-order valence-corrected chi connectivity index (χ4v) is 3.25. The quantitative estimate of drug-likeness (QED) is 0.263. The molecule has 3 rings (SSSR count). The summed E-state index contributed by atoms with van der Waals surface area (Å²) >= 11 is 11.8. The number of benzene rings is 3. The van der Waals surface area contributed by atoms with Gasteiger partial charge in [0.25, 0.3) is 11.8 Å². The zero-order chi connectivity index (χ0) is 27.0. The number of rotatable bonds is 4. The van der Waals surface area contributed by atoms with Gasteiger partial charge < -0.3 is 20.8 Å². The van der Waals surface area contributed by atoms with Crippen LogP contribution in [0.1, 0.15) is 31.8 Å². The number of nitrogens with one attached hydrogen (secondary N) is 2. The van der Waals surface area contributed by atoms with Gasteiger partial charge in [-0.2, -0.15) is 26.3 Å². The summed E-state index contributed by atoms with van der Waals surface area (Å²) < 4.78 is 78.0. The number of amides is 2. The second-order valence-corrected chi connectivity index (χ2v) is 7.99. The molecule has 0 saturated carbocycles. The van der Waals surface area contributed by atoms with Crippen molar-refractivity contribution in [3.63, 3.8) is 0 Å². The SMILES string of the molecule is O=C(Nc1cc(Cl)c(Cl)cc1NC(=O)c1cc(C(F)(F)F)ccc1O)c1cc(C(F)(F)F)ccc1O. The van der Waals surface area contributed by atoms with Gasteiger partial charge in [-0.05, 0) is 48.5 Å². The minimum atomic E-state index is -4.82. The number of phenols is 2. The van der Waals surface area contributed by atoms with Crippen molar-refractivity contribution in [2.24, 2.45) is 0 Å². The highest BCUT2D eigenvalue weighted by Gasteiger charge is 2.33. The van der Waals surface area contributed by atoms with Crippen LogP contribution < -0.4 is 10.6 Å². The third-order valence-corrected chi connectivity index (χ3v) is 5.42. The number of carbonyl (C=O) groups excluding carboxylic acids is 2. The van der Waals surface area contributed by atoms with E-state index in [1.54, 1.807) is 0 Å². The van der Waals surface area contributed by atoms with Gasteiger partial charge in [-0.3, -0.25) is 9.59 Å². The van der Waals surface area contributed by atoms with E-state index in [2.05, 4.69) is 10.6 Å². The molecule has 14 heteroatoms.